The number of benzene rings is 1. The molecule has 5 nitrogen and oxygen atoms in total. The molecule has 0 amide bonds. The van der Waals surface area contributed by atoms with Crippen molar-refractivity contribution in [1.82, 2.24) is 4.98 Å². The molecule has 0 radical (unpaired) electrons. The summed E-state index contributed by atoms with van der Waals surface area (Å²) in [5.41, 5.74) is -0.00177. The number of H-pyrrole nitrogens is 1. The number of carbonyl (C=O) groups excluding carboxylic acids is 1. The zero-order valence-electron chi connectivity index (χ0n) is 10.5. The molecule has 0 atom stereocenters. The zero-order valence-corrected chi connectivity index (χ0v) is 11.2. The molecule has 19 heavy (non-hydrogen) atoms. The first-order chi connectivity index (χ1) is 9.08. The lowest BCUT2D eigenvalue weighted by atomic mass is 10.1. The van der Waals surface area contributed by atoms with Gasteiger partial charge in [-0.2, -0.15) is 0 Å². The molecular weight excluding hydrogens is 270 g/mol. The van der Waals surface area contributed by atoms with E-state index in [2.05, 4.69) is 4.98 Å². The van der Waals surface area contributed by atoms with Crippen molar-refractivity contribution in [3.8, 4) is 5.75 Å². The van der Waals surface area contributed by atoms with Crippen LogP contribution in [0.25, 0.3) is 10.9 Å². The van der Waals surface area contributed by atoms with E-state index < -0.39 is 11.4 Å². The normalized spacial score (nSPS) is 10.5. The Morgan fingerprint density at radius 3 is 2.79 bits per heavy atom. The van der Waals surface area contributed by atoms with Gasteiger partial charge in [-0.25, -0.2) is 4.79 Å². The van der Waals surface area contributed by atoms with Gasteiger partial charge in [-0.1, -0.05) is 11.6 Å². The van der Waals surface area contributed by atoms with Crippen molar-refractivity contribution >= 4 is 28.5 Å². The lowest BCUT2D eigenvalue weighted by molar-refractivity contribution is 0.0524. The number of hydrogen-bond donors (Lipinski definition) is 1. The first-order valence-electron chi connectivity index (χ1n) is 5.64. The van der Waals surface area contributed by atoms with Crippen molar-refractivity contribution in [3.05, 3.63) is 39.1 Å². The van der Waals surface area contributed by atoms with E-state index >= 15 is 0 Å². The third-order valence-electron chi connectivity index (χ3n) is 2.63. The molecule has 6 heteroatoms. The fourth-order valence-corrected chi connectivity index (χ4v) is 2.01. The van der Waals surface area contributed by atoms with Gasteiger partial charge in [0.1, 0.15) is 11.3 Å². The highest BCUT2D eigenvalue weighted by atomic mass is 35.5. The summed E-state index contributed by atoms with van der Waals surface area (Å²) in [4.78, 5) is 26.8. The number of nitrogens with one attached hydrogen (secondary N) is 1. The Morgan fingerprint density at radius 1 is 1.42 bits per heavy atom. The predicted octanol–water partition coefficient (Wildman–Crippen LogP) is 2.37. The number of rotatable bonds is 3. The van der Waals surface area contributed by atoms with Crippen molar-refractivity contribution < 1.29 is 14.3 Å². The molecule has 0 fully saturated rings. The third kappa shape index (κ3) is 2.42. The van der Waals surface area contributed by atoms with E-state index in [9.17, 15) is 9.59 Å². The SMILES string of the molecule is CCOC(=O)c1c[nH]c2cc(Cl)cc(OC)c2c1=O. The second-order valence-corrected chi connectivity index (χ2v) is 4.22. The Bertz CT molecular complexity index is 693. The maximum Gasteiger partial charge on any atom is 0.343 e. The molecule has 2 rings (SSSR count). The van der Waals surface area contributed by atoms with E-state index in [-0.39, 0.29) is 17.6 Å². The Morgan fingerprint density at radius 2 is 2.16 bits per heavy atom. The average molecular weight is 282 g/mol. The van der Waals surface area contributed by atoms with Crippen LogP contribution in [0.3, 0.4) is 0 Å². The van der Waals surface area contributed by atoms with Gasteiger partial charge in [-0.05, 0) is 19.1 Å². The quantitative estimate of drug-likeness (QED) is 0.877. The van der Waals surface area contributed by atoms with Gasteiger partial charge in [0.05, 0.1) is 24.6 Å². The van der Waals surface area contributed by atoms with Crippen molar-refractivity contribution in [1.29, 1.82) is 0 Å². The Balaban J connectivity index is 2.74. The van der Waals surface area contributed by atoms with Crippen LogP contribution in [0.15, 0.2) is 23.1 Å². The first-order valence-corrected chi connectivity index (χ1v) is 6.02. The molecule has 0 spiro atoms. The maximum atomic E-state index is 12.3. The fourth-order valence-electron chi connectivity index (χ4n) is 1.80. The van der Waals surface area contributed by atoms with E-state index in [1.807, 2.05) is 0 Å². The van der Waals surface area contributed by atoms with Crippen LogP contribution < -0.4 is 10.2 Å². The summed E-state index contributed by atoms with van der Waals surface area (Å²) < 4.78 is 9.96. The molecule has 0 aliphatic heterocycles. The minimum atomic E-state index is -0.664. The molecule has 1 heterocycles. The summed E-state index contributed by atoms with van der Waals surface area (Å²) >= 11 is 5.91. The van der Waals surface area contributed by atoms with Crippen molar-refractivity contribution in [2.45, 2.75) is 6.92 Å². The van der Waals surface area contributed by atoms with E-state index in [0.29, 0.717) is 16.3 Å². The summed E-state index contributed by atoms with van der Waals surface area (Å²) in [6.07, 6.45) is 1.32. The minimum absolute atomic E-state index is 0.0602. The van der Waals surface area contributed by atoms with Crippen LogP contribution in [0.1, 0.15) is 17.3 Å². The summed E-state index contributed by atoms with van der Waals surface area (Å²) in [5.74, 6) is -0.349. The lowest BCUT2D eigenvalue weighted by Gasteiger charge is -2.07. The molecule has 2 aromatic rings. The molecule has 100 valence electrons. The number of hydrogen-bond acceptors (Lipinski definition) is 4. The fraction of sp³-hybridized carbons (Fsp3) is 0.231. The lowest BCUT2D eigenvalue weighted by Crippen LogP contribution is -2.18. The summed E-state index contributed by atoms with van der Waals surface area (Å²) in [7, 11) is 1.43. The van der Waals surface area contributed by atoms with Crippen LogP contribution in [0.4, 0.5) is 0 Å². The largest absolute Gasteiger partial charge is 0.496 e. The van der Waals surface area contributed by atoms with Gasteiger partial charge in [0, 0.05) is 11.2 Å². The molecule has 0 saturated carbocycles. The van der Waals surface area contributed by atoms with Gasteiger partial charge in [-0.3, -0.25) is 4.79 Å². The third-order valence-corrected chi connectivity index (χ3v) is 2.84. The number of carbonyl (C=O) groups is 1. The highest BCUT2D eigenvalue weighted by Crippen LogP contribution is 2.26. The molecule has 1 aromatic heterocycles. The van der Waals surface area contributed by atoms with Crippen LogP contribution in [0.2, 0.25) is 5.02 Å². The number of esters is 1. The van der Waals surface area contributed by atoms with Gasteiger partial charge < -0.3 is 14.5 Å². The smallest absolute Gasteiger partial charge is 0.343 e. The van der Waals surface area contributed by atoms with E-state index in [1.165, 1.54) is 19.4 Å². The Hall–Kier alpha value is -2.01. The first kappa shape index (κ1) is 13.4. The van der Waals surface area contributed by atoms with E-state index in [0.717, 1.165) is 0 Å². The topological polar surface area (TPSA) is 68.4 Å². The molecular formula is C13H12ClNO4. The molecule has 1 aromatic carbocycles. The van der Waals surface area contributed by atoms with Crippen molar-refractivity contribution in [2.75, 3.05) is 13.7 Å². The van der Waals surface area contributed by atoms with Gasteiger partial charge >= 0.3 is 5.97 Å². The number of fused-ring (bicyclic) bond motifs is 1. The molecule has 0 aliphatic carbocycles. The maximum absolute atomic E-state index is 12.3. The van der Waals surface area contributed by atoms with Gasteiger partial charge in [0.2, 0.25) is 5.43 Å². The number of aromatic nitrogens is 1. The minimum Gasteiger partial charge on any atom is -0.496 e. The van der Waals surface area contributed by atoms with E-state index in [4.69, 9.17) is 21.1 Å². The second kappa shape index (κ2) is 5.32. The molecule has 0 aliphatic rings. The standard InChI is InChI=1S/C13H12ClNO4/c1-3-19-13(17)8-6-15-9-4-7(14)5-10(18-2)11(9)12(8)16/h4-6H,3H2,1-2H3,(H,15,16). The van der Waals surface area contributed by atoms with Gasteiger partial charge in [0.25, 0.3) is 0 Å². The Kier molecular flexibility index (Phi) is 3.76. The average Bonchev–Trinajstić information content (AvgIpc) is 2.38. The number of pyridine rings is 1. The zero-order chi connectivity index (χ0) is 14.0. The van der Waals surface area contributed by atoms with Gasteiger partial charge in [0.15, 0.2) is 0 Å². The molecule has 0 saturated heterocycles. The summed E-state index contributed by atoms with van der Waals surface area (Å²) in [6, 6.07) is 3.11. The molecule has 1 N–H and O–H groups in total. The highest BCUT2D eigenvalue weighted by Gasteiger charge is 2.17. The van der Waals surface area contributed by atoms with E-state index in [1.54, 1.807) is 13.0 Å². The van der Waals surface area contributed by atoms with Crippen LogP contribution >= 0.6 is 11.6 Å². The second-order valence-electron chi connectivity index (χ2n) is 3.78. The monoisotopic (exact) mass is 281 g/mol. The predicted molar refractivity (Wildman–Crippen MR) is 72.1 cm³/mol. The van der Waals surface area contributed by atoms with Crippen LogP contribution in [-0.2, 0) is 4.74 Å². The Labute approximate surface area is 114 Å². The highest BCUT2D eigenvalue weighted by molar-refractivity contribution is 6.31. The number of methoxy groups -OCH3 is 1. The number of aromatic amines is 1. The van der Waals surface area contributed by atoms with Crippen LogP contribution in [-0.4, -0.2) is 24.7 Å². The molecule has 0 bridgehead atoms. The number of ether oxygens (including phenoxy) is 2. The summed E-state index contributed by atoms with van der Waals surface area (Å²) in [6.45, 7) is 1.88. The number of halogens is 1. The van der Waals surface area contributed by atoms with Gasteiger partial charge in [-0.15, -0.1) is 0 Å². The van der Waals surface area contributed by atoms with Crippen LogP contribution in [0, 0.1) is 0 Å². The van der Waals surface area contributed by atoms with Crippen molar-refractivity contribution in [2.24, 2.45) is 0 Å². The molecule has 0 unspecified atom stereocenters. The van der Waals surface area contributed by atoms with Crippen molar-refractivity contribution in [3.63, 3.8) is 0 Å². The van der Waals surface area contributed by atoms with Crippen LogP contribution in [0.5, 0.6) is 5.75 Å². The summed E-state index contributed by atoms with van der Waals surface area (Å²) in [5, 5.41) is 0.710.